The number of rotatable bonds is 5. The van der Waals surface area contributed by atoms with Gasteiger partial charge in [0.1, 0.15) is 5.69 Å². The molecule has 6 heteroatoms. The summed E-state index contributed by atoms with van der Waals surface area (Å²) >= 11 is 0. The van der Waals surface area contributed by atoms with Crippen molar-refractivity contribution in [3.05, 3.63) is 55.2 Å². The van der Waals surface area contributed by atoms with Gasteiger partial charge in [0, 0.05) is 12.1 Å². The number of fused-ring (bicyclic) bond motifs is 1. The van der Waals surface area contributed by atoms with Crippen molar-refractivity contribution in [1.29, 1.82) is 0 Å². The van der Waals surface area contributed by atoms with Crippen molar-refractivity contribution in [2.75, 3.05) is 6.54 Å². The van der Waals surface area contributed by atoms with Crippen LogP contribution in [0, 0.1) is 6.92 Å². The number of allylic oxidation sites excluding steroid dienone is 3. The van der Waals surface area contributed by atoms with Gasteiger partial charge < -0.3 is 9.88 Å². The number of hydrogen-bond donors (Lipinski definition) is 1. The van der Waals surface area contributed by atoms with Gasteiger partial charge in [-0.2, -0.15) is 0 Å². The first kappa shape index (κ1) is 21.0. The molecule has 0 fully saturated rings. The van der Waals surface area contributed by atoms with Gasteiger partial charge in [0.2, 0.25) is 5.78 Å². The summed E-state index contributed by atoms with van der Waals surface area (Å²) in [6.07, 6.45) is 2.60. The van der Waals surface area contributed by atoms with E-state index in [2.05, 4.69) is 5.32 Å². The molecule has 1 N–H and O–H groups in total. The second kappa shape index (κ2) is 7.93. The van der Waals surface area contributed by atoms with Crippen molar-refractivity contribution in [3.63, 3.8) is 0 Å². The Morgan fingerprint density at radius 1 is 0.931 bits per heavy atom. The predicted octanol–water partition coefficient (Wildman–Crippen LogP) is 3.05. The van der Waals surface area contributed by atoms with E-state index in [4.69, 9.17) is 0 Å². The molecule has 6 nitrogen and oxygen atoms in total. The quantitative estimate of drug-likeness (QED) is 0.827. The van der Waals surface area contributed by atoms with E-state index in [1.54, 1.807) is 20.8 Å². The zero-order valence-corrected chi connectivity index (χ0v) is 17.8. The lowest BCUT2D eigenvalue weighted by atomic mass is 9.80. The molecular formula is C23H28N2O4. The maximum atomic E-state index is 13.8. The van der Waals surface area contributed by atoms with Crippen LogP contribution >= 0.6 is 0 Å². The molecule has 0 radical (unpaired) electrons. The monoisotopic (exact) mass is 396 g/mol. The number of ketones is 3. The van der Waals surface area contributed by atoms with E-state index < -0.39 is 0 Å². The molecule has 0 aromatic carbocycles. The molecule has 0 saturated heterocycles. The Bertz CT molecular complexity index is 1050. The van der Waals surface area contributed by atoms with E-state index >= 15 is 0 Å². The van der Waals surface area contributed by atoms with Gasteiger partial charge in [-0.05, 0) is 50.3 Å². The lowest BCUT2D eigenvalue weighted by Crippen LogP contribution is -2.39. The zero-order valence-electron chi connectivity index (χ0n) is 17.8. The van der Waals surface area contributed by atoms with Gasteiger partial charge in [-0.15, -0.1) is 0 Å². The average Bonchev–Trinajstić information content (AvgIpc) is 2.82. The van der Waals surface area contributed by atoms with E-state index in [-0.39, 0.29) is 40.8 Å². The van der Waals surface area contributed by atoms with Crippen LogP contribution in [0.1, 0.15) is 78.9 Å². The van der Waals surface area contributed by atoms with Crippen LogP contribution in [0.15, 0.2) is 27.2 Å². The van der Waals surface area contributed by atoms with Crippen LogP contribution in [0.3, 0.4) is 0 Å². The Labute approximate surface area is 170 Å². The summed E-state index contributed by atoms with van der Waals surface area (Å²) in [7, 11) is 0. The van der Waals surface area contributed by atoms with Crippen molar-refractivity contribution >= 4 is 17.3 Å². The van der Waals surface area contributed by atoms with Crippen LogP contribution in [0.4, 0.5) is 0 Å². The van der Waals surface area contributed by atoms with Crippen LogP contribution in [-0.4, -0.2) is 28.5 Å². The normalized spacial score (nSPS) is 16.7. The Balaban J connectivity index is 2.42. The van der Waals surface area contributed by atoms with Crippen molar-refractivity contribution in [2.24, 2.45) is 0 Å². The fourth-order valence-electron chi connectivity index (χ4n) is 4.39. The van der Waals surface area contributed by atoms with E-state index in [0.717, 1.165) is 12.8 Å². The van der Waals surface area contributed by atoms with Gasteiger partial charge in [-0.25, -0.2) is 0 Å². The third-order valence-corrected chi connectivity index (χ3v) is 5.89. The summed E-state index contributed by atoms with van der Waals surface area (Å²) in [5.74, 6) is -0.749. The molecule has 2 heterocycles. The summed E-state index contributed by atoms with van der Waals surface area (Å²) in [6, 6.07) is 0. The molecule has 1 aromatic rings. The van der Waals surface area contributed by atoms with Crippen LogP contribution in [-0.2, 0) is 17.8 Å². The lowest BCUT2D eigenvalue weighted by Gasteiger charge is -2.27. The molecule has 3 rings (SSSR count). The molecule has 1 aliphatic carbocycles. The average molecular weight is 396 g/mol. The first-order chi connectivity index (χ1) is 13.8. The highest BCUT2D eigenvalue weighted by atomic mass is 16.2. The van der Waals surface area contributed by atoms with Gasteiger partial charge in [-0.3, -0.25) is 19.2 Å². The third-order valence-electron chi connectivity index (χ3n) is 5.89. The highest BCUT2D eigenvalue weighted by Gasteiger charge is 2.40. The molecule has 0 atom stereocenters. The van der Waals surface area contributed by atoms with Gasteiger partial charge in [0.15, 0.2) is 11.6 Å². The van der Waals surface area contributed by atoms with E-state index in [1.165, 1.54) is 4.57 Å². The Kier molecular flexibility index (Phi) is 5.73. The fourth-order valence-corrected chi connectivity index (χ4v) is 4.39. The molecule has 0 spiro atoms. The minimum absolute atomic E-state index is 0.0315. The summed E-state index contributed by atoms with van der Waals surface area (Å²) in [5, 5.41) is 2.91. The number of aromatic nitrogens is 1. The summed E-state index contributed by atoms with van der Waals surface area (Å²) in [6.45, 7) is 9.47. The maximum absolute atomic E-state index is 13.8. The molecule has 0 bridgehead atoms. The van der Waals surface area contributed by atoms with Gasteiger partial charge in [0.25, 0.3) is 5.56 Å². The maximum Gasteiger partial charge on any atom is 0.254 e. The highest BCUT2D eigenvalue weighted by Crippen LogP contribution is 2.36. The molecule has 0 amide bonds. The number of pyridine rings is 1. The first-order valence-electron chi connectivity index (χ1n) is 10.4. The predicted molar refractivity (Wildman–Crippen MR) is 111 cm³/mol. The van der Waals surface area contributed by atoms with Crippen LogP contribution in [0.25, 0.3) is 0 Å². The van der Waals surface area contributed by atoms with Gasteiger partial charge >= 0.3 is 0 Å². The topological polar surface area (TPSA) is 85.2 Å². The van der Waals surface area contributed by atoms with Crippen LogP contribution in [0.2, 0.25) is 0 Å². The van der Waals surface area contributed by atoms with Gasteiger partial charge in [0.05, 0.1) is 23.4 Å². The summed E-state index contributed by atoms with van der Waals surface area (Å²) in [4.78, 5) is 52.8. The van der Waals surface area contributed by atoms with Crippen molar-refractivity contribution in [3.8, 4) is 0 Å². The molecule has 0 saturated carbocycles. The van der Waals surface area contributed by atoms with Crippen LogP contribution < -0.4 is 10.9 Å². The SMILES string of the molecule is CCCC1=C(C)C(=O)CNC2=C1C(=O)c1c(CCC)c(C)c(=O)n(CC)c1C2=O. The number of nitrogens with one attached hydrogen (secondary N) is 1. The van der Waals surface area contributed by atoms with E-state index in [1.807, 2.05) is 13.8 Å². The first-order valence-corrected chi connectivity index (χ1v) is 10.4. The number of nitrogens with zero attached hydrogens (tertiary/aromatic N) is 1. The zero-order chi connectivity index (χ0) is 21.5. The van der Waals surface area contributed by atoms with Crippen molar-refractivity contribution < 1.29 is 14.4 Å². The largest absolute Gasteiger partial charge is 0.374 e. The molecule has 154 valence electrons. The van der Waals surface area contributed by atoms with Crippen LogP contribution in [0.5, 0.6) is 0 Å². The summed E-state index contributed by atoms with van der Waals surface area (Å²) < 4.78 is 1.40. The number of carbonyl (C=O) groups excluding carboxylic acids is 3. The molecule has 1 aliphatic heterocycles. The minimum Gasteiger partial charge on any atom is -0.374 e. The second-order valence-electron chi connectivity index (χ2n) is 7.67. The Morgan fingerprint density at radius 3 is 2.17 bits per heavy atom. The fraction of sp³-hybridized carbons (Fsp3) is 0.478. The minimum atomic E-state index is -0.373. The number of hydrogen-bond acceptors (Lipinski definition) is 5. The molecule has 2 aliphatic rings. The number of Topliss-reactive ketones (excluding diaryl/α,β-unsaturated/α-hetero) is 3. The van der Waals surface area contributed by atoms with E-state index in [0.29, 0.717) is 52.8 Å². The van der Waals surface area contributed by atoms with Crippen molar-refractivity contribution in [1.82, 2.24) is 9.88 Å². The van der Waals surface area contributed by atoms with Crippen molar-refractivity contribution in [2.45, 2.75) is 66.8 Å². The summed E-state index contributed by atoms with van der Waals surface area (Å²) in [5.41, 5.74) is 3.10. The standard InChI is InChI=1S/C23H28N2O4/c1-6-9-14-12(4)16(26)11-24-19-17(14)21(27)18-15(10-7-2)13(5)23(29)25(8-3)20(18)22(19)28/h24H,6-11H2,1-5H3. The molecule has 1 aromatic heterocycles. The Morgan fingerprint density at radius 2 is 1.59 bits per heavy atom. The molecular weight excluding hydrogens is 368 g/mol. The lowest BCUT2D eigenvalue weighted by molar-refractivity contribution is -0.114. The smallest absolute Gasteiger partial charge is 0.254 e. The Hall–Kier alpha value is -2.76. The third kappa shape index (κ3) is 3.11. The number of carbonyl (C=O) groups is 3. The highest BCUT2D eigenvalue weighted by molar-refractivity contribution is 6.29. The molecule has 29 heavy (non-hydrogen) atoms. The van der Waals surface area contributed by atoms with E-state index in [9.17, 15) is 19.2 Å². The van der Waals surface area contributed by atoms with Gasteiger partial charge in [-0.1, -0.05) is 26.7 Å². The molecule has 0 unspecified atom stereocenters. The second-order valence-corrected chi connectivity index (χ2v) is 7.67.